The highest BCUT2D eigenvalue weighted by Gasteiger charge is 2.13. The number of carboxylic acid groups (broad SMARTS) is 1. The third-order valence-electron chi connectivity index (χ3n) is 3.06. The second kappa shape index (κ2) is 6.62. The lowest BCUT2D eigenvalue weighted by molar-refractivity contribution is 0.0699. The number of rotatable bonds is 5. The van der Waals surface area contributed by atoms with Crippen molar-refractivity contribution in [2.75, 3.05) is 6.61 Å². The molecule has 0 bridgehead atoms. The number of carbonyl (C=O) groups is 1. The molecule has 0 amide bonds. The number of ether oxygens (including phenoxy) is 1. The molecule has 2 aromatic heterocycles. The Morgan fingerprint density at radius 1 is 1.22 bits per heavy atom. The first kappa shape index (κ1) is 15.2. The Bertz CT molecular complexity index is 870. The average Bonchev–Trinajstić information content (AvgIpc) is 2.55. The van der Waals surface area contributed by atoms with Crippen molar-refractivity contribution in [1.82, 2.24) is 15.0 Å². The van der Waals surface area contributed by atoms with Crippen molar-refractivity contribution in [3.05, 3.63) is 48.3 Å². The molecule has 0 radical (unpaired) electrons. The van der Waals surface area contributed by atoms with Gasteiger partial charge in [-0.25, -0.2) is 9.78 Å². The van der Waals surface area contributed by atoms with Crippen molar-refractivity contribution >= 4 is 28.6 Å². The Hall–Kier alpha value is -2.67. The van der Waals surface area contributed by atoms with E-state index in [0.717, 1.165) is 4.90 Å². The van der Waals surface area contributed by atoms with Crippen LogP contribution >= 0.6 is 11.8 Å². The smallest absolute Gasteiger partial charge is 0.336 e. The standard InChI is InChI=1S/C16H13N3O3S/c1-2-22-13-7-9-18-16(19-13)23-12-6-5-11(15(20)21)10-4-3-8-17-14(10)12/h3-9H,2H2,1H3,(H,20,21). The summed E-state index contributed by atoms with van der Waals surface area (Å²) < 4.78 is 5.36. The summed E-state index contributed by atoms with van der Waals surface area (Å²) in [4.78, 5) is 24.9. The van der Waals surface area contributed by atoms with Gasteiger partial charge in [0.05, 0.1) is 17.7 Å². The van der Waals surface area contributed by atoms with Crippen LogP contribution in [0.2, 0.25) is 0 Å². The topological polar surface area (TPSA) is 85.2 Å². The van der Waals surface area contributed by atoms with Crippen LogP contribution < -0.4 is 4.74 Å². The van der Waals surface area contributed by atoms with E-state index in [1.807, 2.05) is 6.92 Å². The van der Waals surface area contributed by atoms with Crippen molar-refractivity contribution in [1.29, 1.82) is 0 Å². The summed E-state index contributed by atoms with van der Waals surface area (Å²) in [7, 11) is 0. The molecule has 0 atom stereocenters. The number of fused-ring (bicyclic) bond motifs is 1. The molecule has 1 aromatic carbocycles. The zero-order valence-corrected chi connectivity index (χ0v) is 13.1. The number of aromatic carboxylic acids is 1. The Labute approximate surface area is 136 Å². The number of benzene rings is 1. The van der Waals surface area contributed by atoms with Gasteiger partial charge in [-0.3, -0.25) is 4.98 Å². The quantitative estimate of drug-likeness (QED) is 0.720. The molecule has 2 heterocycles. The maximum Gasteiger partial charge on any atom is 0.336 e. The number of hydrogen-bond donors (Lipinski definition) is 1. The summed E-state index contributed by atoms with van der Waals surface area (Å²) in [5, 5.41) is 10.4. The van der Waals surface area contributed by atoms with E-state index < -0.39 is 5.97 Å². The molecule has 0 saturated heterocycles. The summed E-state index contributed by atoms with van der Waals surface area (Å²) >= 11 is 1.32. The molecule has 0 fully saturated rings. The van der Waals surface area contributed by atoms with Crippen LogP contribution in [-0.4, -0.2) is 32.6 Å². The van der Waals surface area contributed by atoms with Crippen LogP contribution in [0.3, 0.4) is 0 Å². The molecule has 6 nitrogen and oxygen atoms in total. The predicted molar refractivity (Wildman–Crippen MR) is 86.0 cm³/mol. The first-order chi connectivity index (χ1) is 11.2. The predicted octanol–water partition coefficient (Wildman–Crippen LogP) is 3.27. The molecule has 0 spiro atoms. The number of aromatic nitrogens is 3. The van der Waals surface area contributed by atoms with E-state index in [2.05, 4.69) is 15.0 Å². The second-order valence-corrected chi connectivity index (χ2v) is 5.54. The molecular weight excluding hydrogens is 314 g/mol. The van der Waals surface area contributed by atoms with Crippen LogP contribution in [-0.2, 0) is 0 Å². The Morgan fingerprint density at radius 3 is 2.87 bits per heavy atom. The summed E-state index contributed by atoms with van der Waals surface area (Å²) in [6.45, 7) is 2.41. The van der Waals surface area contributed by atoms with Crippen LogP contribution in [0.1, 0.15) is 17.3 Å². The van der Waals surface area contributed by atoms with E-state index in [1.165, 1.54) is 11.8 Å². The second-order valence-electron chi connectivity index (χ2n) is 4.53. The third-order valence-corrected chi connectivity index (χ3v) is 3.99. The first-order valence-electron chi connectivity index (χ1n) is 6.93. The minimum absolute atomic E-state index is 0.224. The Kier molecular flexibility index (Phi) is 4.38. The van der Waals surface area contributed by atoms with Gasteiger partial charge in [0.2, 0.25) is 5.88 Å². The molecule has 23 heavy (non-hydrogen) atoms. The van der Waals surface area contributed by atoms with Gasteiger partial charge in [0.1, 0.15) is 0 Å². The largest absolute Gasteiger partial charge is 0.478 e. The van der Waals surface area contributed by atoms with Gasteiger partial charge >= 0.3 is 5.97 Å². The van der Waals surface area contributed by atoms with Gasteiger partial charge < -0.3 is 9.84 Å². The zero-order chi connectivity index (χ0) is 16.2. The molecule has 1 N–H and O–H groups in total. The van der Waals surface area contributed by atoms with Gasteiger partial charge in [-0.15, -0.1) is 0 Å². The van der Waals surface area contributed by atoms with E-state index in [-0.39, 0.29) is 5.56 Å². The van der Waals surface area contributed by atoms with Gasteiger partial charge in [0, 0.05) is 28.7 Å². The molecule has 3 rings (SSSR count). The highest BCUT2D eigenvalue weighted by Crippen LogP contribution is 2.32. The van der Waals surface area contributed by atoms with E-state index >= 15 is 0 Å². The van der Waals surface area contributed by atoms with Gasteiger partial charge in [0.25, 0.3) is 0 Å². The van der Waals surface area contributed by atoms with Gasteiger partial charge in [0.15, 0.2) is 5.16 Å². The maximum atomic E-state index is 11.3. The number of nitrogens with zero attached hydrogens (tertiary/aromatic N) is 3. The van der Waals surface area contributed by atoms with Crippen molar-refractivity contribution < 1.29 is 14.6 Å². The van der Waals surface area contributed by atoms with Crippen LogP contribution in [0.5, 0.6) is 5.88 Å². The van der Waals surface area contributed by atoms with Crippen LogP contribution in [0, 0.1) is 0 Å². The fourth-order valence-electron chi connectivity index (χ4n) is 2.12. The lowest BCUT2D eigenvalue weighted by Gasteiger charge is -2.08. The molecule has 0 aliphatic carbocycles. The Balaban J connectivity index is 2.02. The third kappa shape index (κ3) is 3.24. The number of pyridine rings is 1. The minimum Gasteiger partial charge on any atom is -0.478 e. The van der Waals surface area contributed by atoms with Gasteiger partial charge in [-0.2, -0.15) is 4.98 Å². The monoisotopic (exact) mass is 327 g/mol. The minimum atomic E-state index is -0.978. The molecule has 7 heteroatoms. The lowest BCUT2D eigenvalue weighted by atomic mass is 10.1. The molecule has 0 aliphatic rings. The molecule has 3 aromatic rings. The van der Waals surface area contributed by atoms with Crippen molar-refractivity contribution in [2.45, 2.75) is 17.0 Å². The van der Waals surface area contributed by atoms with Crippen LogP contribution in [0.4, 0.5) is 0 Å². The van der Waals surface area contributed by atoms with E-state index in [4.69, 9.17) is 4.74 Å². The highest BCUT2D eigenvalue weighted by atomic mass is 32.2. The van der Waals surface area contributed by atoms with Gasteiger partial charge in [-0.05, 0) is 36.9 Å². The SMILES string of the molecule is CCOc1ccnc(Sc2ccc(C(=O)O)c3cccnc23)n1. The summed E-state index contributed by atoms with van der Waals surface area (Å²) in [6.07, 6.45) is 3.26. The summed E-state index contributed by atoms with van der Waals surface area (Å²) in [5.74, 6) is -0.474. The fourth-order valence-corrected chi connectivity index (χ4v) is 2.96. The van der Waals surface area contributed by atoms with Crippen LogP contribution in [0.15, 0.2) is 52.8 Å². The number of hydrogen-bond acceptors (Lipinski definition) is 6. The zero-order valence-electron chi connectivity index (χ0n) is 12.3. The highest BCUT2D eigenvalue weighted by molar-refractivity contribution is 7.99. The van der Waals surface area contributed by atoms with Crippen molar-refractivity contribution in [3.63, 3.8) is 0 Å². The average molecular weight is 327 g/mol. The molecule has 0 aliphatic heterocycles. The normalized spacial score (nSPS) is 10.7. The van der Waals surface area contributed by atoms with Gasteiger partial charge in [-0.1, -0.05) is 6.07 Å². The molecule has 0 unspecified atom stereocenters. The maximum absolute atomic E-state index is 11.3. The number of carboxylic acids is 1. The van der Waals surface area contributed by atoms with Crippen molar-refractivity contribution in [2.24, 2.45) is 0 Å². The lowest BCUT2D eigenvalue weighted by Crippen LogP contribution is -1.99. The van der Waals surface area contributed by atoms with Crippen molar-refractivity contribution in [3.8, 4) is 5.88 Å². The van der Waals surface area contributed by atoms with E-state index in [1.54, 1.807) is 42.7 Å². The fraction of sp³-hybridized carbons (Fsp3) is 0.125. The summed E-state index contributed by atoms with van der Waals surface area (Å²) in [5.41, 5.74) is 0.837. The van der Waals surface area contributed by atoms with E-state index in [9.17, 15) is 9.90 Å². The summed E-state index contributed by atoms with van der Waals surface area (Å²) in [6, 6.07) is 8.45. The molecular formula is C16H13N3O3S. The molecule has 116 valence electrons. The van der Waals surface area contributed by atoms with E-state index in [0.29, 0.717) is 28.5 Å². The van der Waals surface area contributed by atoms with Crippen LogP contribution in [0.25, 0.3) is 10.9 Å². The Morgan fingerprint density at radius 2 is 2.09 bits per heavy atom. The first-order valence-corrected chi connectivity index (χ1v) is 7.75. The molecule has 0 saturated carbocycles.